The van der Waals surface area contributed by atoms with E-state index < -0.39 is 0 Å². The molecule has 2 aromatic heterocycles. The number of nitrogens with zero attached hydrogens (tertiary/aromatic N) is 4. The van der Waals surface area contributed by atoms with E-state index in [2.05, 4.69) is 31.0 Å². The molecule has 2 rings (SSSR count). The molecule has 2 heterocycles. The van der Waals surface area contributed by atoms with E-state index in [-0.39, 0.29) is 11.8 Å². The van der Waals surface area contributed by atoms with Crippen LogP contribution in [0.5, 0.6) is 0 Å². The third-order valence-electron chi connectivity index (χ3n) is 3.83. The van der Waals surface area contributed by atoms with Crippen molar-refractivity contribution in [3.05, 3.63) is 60.2 Å². The third kappa shape index (κ3) is 7.45. The zero-order valence-corrected chi connectivity index (χ0v) is 16.1. The summed E-state index contributed by atoms with van der Waals surface area (Å²) in [6, 6.07) is 11.0. The number of pyridine rings is 2. The molecule has 2 amide bonds. The Morgan fingerprint density at radius 2 is 1.21 bits per heavy atom. The van der Waals surface area contributed by atoms with Crippen molar-refractivity contribution in [1.82, 2.24) is 20.8 Å². The van der Waals surface area contributed by atoms with Crippen LogP contribution in [0.3, 0.4) is 0 Å². The molecule has 0 radical (unpaired) electrons. The van der Waals surface area contributed by atoms with E-state index in [0.29, 0.717) is 48.5 Å². The molecule has 0 aliphatic carbocycles. The maximum absolute atomic E-state index is 11.8. The Balaban J connectivity index is 1.64. The van der Waals surface area contributed by atoms with Gasteiger partial charge in [0.2, 0.25) is 11.8 Å². The summed E-state index contributed by atoms with van der Waals surface area (Å²) in [4.78, 5) is 32.0. The first kappa shape index (κ1) is 20.9. The number of hydrogen-bond acceptors (Lipinski definition) is 6. The van der Waals surface area contributed by atoms with Crippen LogP contribution in [0.1, 0.15) is 50.9 Å². The summed E-state index contributed by atoms with van der Waals surface area (Å²) in [6.45, 7) is 3.56. The number of hydrogen-bond donors (Lipinski definition) is 2. The van der Waals surface area contributed by atoms with E-state index in [1.54, 1.807) is 26.2 Å². The van der Waals surface area contributed by atoms with Crippen molar-refractivity contribution < 1.29 is 9.59 Å². The zero-order valence-electron chi connectivity index (χ0n) is 16.1. The number of amides is 2. The molecule has 0 saturated carbocycles. The molecule has 146 valence electrons. The number of rotatable bonds is 9. The molecule has 2 aromatic rings. The predicted octanol–water partition coefficient (Wildman–Crippen LogP) is 2.42. The predicted molar refractivity (Wildman–Crippen MR) is 108 cm³/mol. The van der Waals surface area contributed by atoms with Gasteiger partial charge in [0, 0.05) is 25.2 Å². The fraction of sp³-hybridized carbons (Fsp3) is 0.300. The van der Waals surface area contributed by atoms with Crippen molar-refractivity contribution in [3.63, 3.8) is 0 Å². The Labute approximate surface area is 164 Å². The van der Waals surface area contributed by atoms with Crippen molar-refractivity contribution in [2.75, 3.05) is 0 Å². The smallest absolute Gasteiger partial charge is 0.240 e. The monoisotopic (exact) mass is 380 g/mol. The van der Waals surface area contributed by atoms with Crippen molar-refractivity contribution in [2.45, 2.75) is 39.5 Å². The van der Waals surface area contributed by atoms with Crippen LogP contribution < -0.4 is 10.9 Å². The van der Waals surface area contributed by atoms with Gasteiger partial charge in [-0.25, -0.2) is 10.9 Å². The average Bonchev–Trinajstić information content (AvgIpc) is 2.74. The van der Waals surface area contributed by atoms with Crippen molar-refractivity contribution in [3.8, 4) is 0 Å². The number of carbonyl (C=O) groups is 2. The fourth-order valence-electron chi connectivity index (χ4n) is 2.24. The summed E-state index contributed by atoms with van der Waals surface area (Å²) in [7, 11) is 0. The van der Waals surface area contributed by atoms with E-state index >= 15 is 0 Å². The minimum absolute atomic E-state index is 0.195. The topological polar surface area (TPSA) is 109 Å². The third-order valence-corrected chi connectivity index (χ3v) is 3.83. The van der Waals surface area contributed by atoms with Crippen LogP contribution >= 0.6 is 0 Å². The van der Waals surface area contributed by atoms with Crippen LogP contribution in [0.2, 0.25) is 0 Å². The molecule has 8 nitrogen and oxygen atoms in total. The normalized spacial score (nSPS) is 11.8. The molecule has 0 aliphatic heterocycles. The number of carbonyl (C=O) groups excluding carboxylic acids is 2. The van der Waals surface area contributed by atoms with Gasteiger partial charge in [0.1, 0.15) is 0 Å². The van der Waals surface area contributed by atoms with E-state index in [0.717, 1.165) is 0 Å². The van der Waals surface area contributed by atoms with Gasteiger partial charge >= 0.3 is 0 Å². The summed E-state index contributed by atoms with van der Waals surface area (Å²) < 4.78 is 0. The van der Waals surface area contributed by atoms with E-state index in [9.17, 15) is 9.59 Å². The highest BCUT2D eigenvalue weighted by molar-refractivity contribution is 5.98. The van der Waals surface area contributed by atoms with Crippen LogP contribution in [0.15, 0.2) is 59.0 Å². The van der Waals surface area contributed by atoms with Gasteiger partial charge in [-0.1, -0.05) is 12.1 Å². The molecule has 28 heavy (non-hydrogen) atoms. The summed E-state index contributed by atoms with van der Waals surface area (Å²) >= 11 is 0. The molecule has 0 bridgehead atoms. The Hall–Kier alpha value is -3.42. The lowest BCUT2D eigenvalue weighted by Gasteiger charge is -2.03. The van der Waals surface area contributed by atoms with E-state index in [1.165, 1.54) is 0 Å². The second-order valence-corrected chi connectivity index (χ2v) is 6.10. The minimum atomic E-state index is -0.195. The molecule has 8 heteroatoms. The maximum atomic E-state index is 11.8. The molecule has 2 N–H and O–H groups in total. The molecule has 0 aromatic carbocycles. The molecular weight excluding hydrogens is 356 g/mol. The molecule has 0 unspecified atom stereocenters. The summed E-state index contributed by atoms with van der Waals surface area (Å²) in [6.07, 6.45) is 5.10. The first-order valence-electron chi connectivity index (χ1n) is 9.05. The Morgan fingerprint density at radius 3 is 1.57 bits per heavy atom. The number of unbranched alkanes of at least 4 members (excludes halogenated alkanes) is 1. The first-order valence-corrected chi connectivity index (χ1v) is 9.05. The lowest BCUT2D eigenvalue weighted by Crippen LogP contribution is -2.20. The van der Waals surface area contributed by atoms with Gasteiger partial charge in [-0.2, -0.15) is 10.2 Å². The fourth-order valence-corrected chi connectivity index (χ4v) is 2.24. The van der Waals surface area contributed by atoms with Crippen LogP contribution in [0, 0.1) is 0 Å². The van der Waals surface area contributed by atoms with Gasteiger partial charge in [0.25, 0.3) is 0 Å². The van der Waals surface area contributed by atoms with Crippen LogP contribution in [0.25, 0.3) is 0 Å². The quantitative estimate of drug-likeness (QED) is 0.395. The second-order valence-electron chi connectivity index (χ2n) is 6.10. The van der Waals surface area contributed by atoms with E-state index in [4.69, 9.17) is 0 Å². The van der Waals surface area contributed by atoms with Crippen molar-refractivity contribution in [1.29, 1.82) is 0 Å². The molecule has 0 atom stereocenters. The molecular formula is C20H24N6O2. The van der Waals surface area contributed by atoms with Gasteiger partial charge < -0.3 is 0 Å². The zero-order chi connectivity index (χ0) is 20.2. The Bertz CT molecular complexity index is 763. The van der Waals surface area contributed by atoms with Gasteiger partial charge in [-0.15, -0.1) is 0 Å². The van der Waals surface area contributed by atoms with Gasteiger partial charge in [-0.05, 0) is 51.0 Å². The van der Waals surface area contributed by atoms with Crippen molar-refractivity contribution >= 4 is 23.2 Å². The maximum Gasteiger partial charge on any atom is 0.240 e. The highest BCUT2D eigenvalue weighted by atomic mass is 16.2. The number of nitrogens with one attached hydrogen (secondary N) is 2. The van der Waals surface area contributed by atoms with Gasteiger partial charge in [0.05, 0.1) is 22.8 Å². The summed E-state index contributed by atoms with van der Waals surface area (Å²) in [5.74, 6) is -0.389. The summed E-state index contributed by atoms with van der Waals surface area (Å²) in [5, 5.41) is 8.07. The highest BCUT2D eigenvalue weighted by Crippen LogP contribution is 2.01. The second kappa shape index (κ2) is 11.3. The molecule has 0 aliphatic rings. The van der Waals surface area contributed by atoms with Crippen molar-refractivity contribution in [2.24, 2.45) is 10.2 Å². The standard InChI is InChI=1S/C20H24N6O2/c1-15(17-9-5-7-13-21-17)23-25-19(27)11-3-4-12-20(28)26-24-16(2)18-10-6-8-14-22-18/h5-10,13-14H,3-4,11-12H2,1-2H3,(H,25,27)(H,26,28). The molecule has 0 fully saturated rings. The average molecular weight is 380 g/mol. The minimum Gasteiger partial charge on any atom is -0.273 e. The lowest BCUT2D eigenvalue weighted by molar-refractivity contribution is -0.123. The Kier molecular flexibility index (Phi) is 8.45. The lowest BCUT2D eigenvalue weighted by atomic mass is 10.2. The molecule has 0 spiro atoms. The van der Waals surface area contributed by atoms with Gasteiger partial charge in [-0.3, -0.25) is 19.6 Å². The van der Waals surface area contributed by atoms with Crippen LogP contribution in [-0.4, -0.2) is 33.2 Å². The highest BCUT2D eigenvalue weighted by Gasteiger charge is 2.05. The Morgan fingerprint density at radius 1 is 0.786 bits per heavy atom. The van der Waals surface area contributed by atoms with E-state index in [1.807, 2.05) is 36.4 Å². The van der Waals surface area contributed by atoms with Gasteiger partial charge in [0.15, 0.2) is 0 Å². The van der Waals surface area contributed by atoms with Crippen LogP contribution in [0.4, 0.5) is 0 Å². The summed E-state index contributed by atoms with van der Waals surface area (Å²) in [5.41, 5.74) is 7.70. The van der Waals surface area contributed by atoms with Crippen LogP contribution in [-0.2, 0) is 9.59 Å². The number of hydrazone groups is 2. The SMILES string of the molecule is CC(=NNC(=O)CCCCC(=O)NN=C(C)c1ccccn1)c1ccccn1. The molecule has 0 saturated heterocycles. The first-order chi connectivity index (χ1) is 13.6. The number of aromatic nitrogens is 2. The largest absolute Gasteiger partial charge is 0.273 e.